The number of thiazole rings is 1. The van der Waals surface area contributed by atoms with E-state index in [2.05, 4.69) is 10.6 Å². The van der Waals surface area contributed by atoms with Crippen LogP contribution < -0.4 is 10.6 Å². The standard InChI is InChI=1S/C20H24ClN3O2S/c1-13(25)23-17(14-6-8-15(21)9-7-14)12-19(26)22-11-10-20-24-16-4-2-3-5-18(16)27-20/h6-9,17H,2-5,10-12H2,1H3,(H,22,26)(H,23,25). The van der Waals surface area contributed by atoms with E-state index in [9.17, 15) is 9.59 Å². The predicted molar refractivity (Wildman–Crippen MR) is 108 cm³/mol. The van der Waals surface area contributed by atoms with E-state index in [4.69, 9.17) is 16.6 Å². The zero-order valence-corrected chi connectivity index (χ0v) is 17.0. The van der Waals surface area contributed by atoms with Crippen molar-refractivity contribution in [1.29, 1.82) is 0 Å². The van der Waals surface area contributed by atoms with Gasteiger partial charge in [-0.3, -0.25) is 9.59 Å². The van der Waals surface area contributed by atoms with Crippen molar-refractivity contribution in [3.05, 3.63) is 50.4 Å². The largest absolute Gasteiger partial charge is 0.356 e. The third-order valence-corrected chi connectivity index (χ3v) is 6.06. The Morgan fingerprint density at radius 1 is 1.22 bits per heavy atom. The molecule has 0 spiro atoms. The molecule has 1 aliphatic carbocycles. The number of amides is 2. The van der Waals surface area contributed by atoms with Gasteiger partial charge in [0.1, 0.15) is 0 Å². The first-order chi connectivity index (χ1) is 13.0. The Bertz CT molecular complexity index is 781. The van der Waals surface area contributed by atoms with E-state index in [0.717, 1.165) is 29.8 Å². The molecule has 1 unspecified atom stereocenters. The van der Waals surface area contributed by atoms with E-state index in [-0.39, 0.29) is 24.3 Å². The third kappa shape index (κ3) is 5.78. The van der Waals surface area contributed by atoms with Crippen molar-refractivity contribution in [2.24, 2.45) is 0 Å². The summed E-state index contributed by atoms with van der Waals surface area (Å²) in [6.45, 7) is 2.00. The molecular formula is C20H24ClN3O2S. The lowest BCUT2D eigenvalue weighted by Crippen LogP contribution is -2.33. The highest BCUT2D eigenvalue weighted by Gasteiger charge is 2.18. The van der Waals surface area contributed by atoms with Crippen LogP contribution in [-0.2, 0) is 28.9 Å². The Morgan fingerprint density at radius 2 is 1.96 bits per heavy atom. The SMILES string of the molecule is CC(=O)NC(CC(=O)NCCc1nc2c(s1)CCCC2)c1ccc(Cl)cc1. The maximum absolute atomic E-state index is 12.4. The lowest BCUT2D eigenvalue weighted by Gasteiger charge is -2.18. The molecule has 144 valence electrons. The number of rotatable bonds is 7. The first kappa shape index (κ1) is 19.8. The van der Waals surface area contributed by atoms with E-state index in [1.807, 2.05) is 12.1 Å². The molecule has 27 heavy (non-hydrogen) atoms. The van der Waals surface area contributed by atoms with Gasteiger partial charge in [-0.05, 0) is 43.4 Å². The van der Waals surface area contributed by atoms with Crippen molar-refractivity contribution in [1.82, 2.24) is 15.6 Å². The number of nitrogens with one attached hydrogen (secondary N) is 2. The predicted octanol–water partition coefficient (Wildman–Crippen LogP) is 3.60. The van der Waals surface area contributed by atoms with Crippen molar-refractivity contribution in [2.45, 2.75) is 51.5 Å². The Balaban J connectivity index is 1.52. The molecule has 7 heteroatoms. The van der Waals surface area contributed by atoms with Gasteiger partial charge in [0, 0.05) is 29.8 Å². The Kier molecular flexibility index (Phi) is 6.85. The van der Waals surface area contributed by atoms with Crippen molar-refractivity contribution in [3.63, 3.8) is 0 Å². The summed E-state index contributed by atoms with van der Waals surface area (Å²) in [4.78, 5) is 30.0. The third-order valence-electron chi connectivity index (χ3n) is 4.59. The fourth-order valence-electron chi connectivity index (χ4n) is 3.27. The summed E-state index contributed by atoms with van der Waals surface area (Å²) >= 11 is 7.70. The minimum atomic E-state index is -0.369. The summed E-state index contributed by atoms with van der Waals surface area (Å²) in [7, 11) is 0. The molecule has 0 radical (unpaired) electrons. The quantitative estimate of drug-likeness (QED) is 0.739. The molecule has 2 aromatic rings. The lowest BCUT2D eigenvalue weighted by molar-refractivity contribution is -0.122. The van der Waals surface area contributed by atoms with Crippen LogP contribution in [0.3, 0.4) is 0 Å². The van der Waals surface area contributed by atoms with Gasteiger partial charge < -0.3 is 10.6 Å². The van der Waals surface area contributed by atoms with Crippen LogP contribution in [0.2, 0.25) is 5.02 Å². The van der Waals surface area contributed by atoms with Gasteiger partial charge in [0.2, 0.25) is 11.8 Å². The summed E-state index contributed by atoms with van der Waals surface area (Å²) < 4.78 is 0. The molecule has 1 heterocycles. The van der Waals surface area contributed by atoms with Crippen LogP contribution in [0.4, 0.5) is 0 Å². The number of nitrogens with zero attached hydrogens (tertiary/aromatic N) is 1. The number of aromatic nitrogens is 1. The van der Waals surface area contributed by atoms with Crippen LogP contribution in [0.5, 0.6) is 0 Å². The van der Waals surface area contributed by atoms with Crippen LogP contribution in [0.25, 0.3) is 0 Å². The summed E-state index contributed by atoms with van der Waals surface area (Å²) in [5, 5.41) is 7.50. The number of halogens is 1. The average molecular weight is 406 g/mol. The number of benzene rings is 1. The van der Waals surface area contributed by atoms with Crippen molar-refractivity contribution >= 4 is 34.8 Å². The number of hydrogen-bond acceptors (Lipinski definition) is 4. The second-order valence-electron chi connectivity index (χ2n) is 6.79. The van der Waals surface area contributed by atoms with Crippen LogP contribution in [0, 0.1) is 0 Å². The molecule has 0 saturated carbocycles. The Labute approximate surface area is 168 Å². The van der Waals surface area contributed by atoms with Gasteiger partial charge in [0.25, 0.3) is 0 Å². The molecule has 5 nitrogen and oxygen atoms in total. The Morgan fingerprint density at radius 3 is 2.67 bits per heavy atom. The molecule has 1 aromatic carbocycles. The van der Waals surface area contributed by atoms with Gasteiger partial charge >= 0.3 is 0 Å². The molecule has 2 N–H and O–H groups in total. The molecule has 0 bridgehead atoms. The highest BCUT2D eigenvalue weighted by atomic mass is 35.5. The molecule has 2 amide bonds. The second-order valence-corrected chi connectivity index (χ2v) is 8.40. The smallest absolute Gasteiger partial charge is 0.222 e. The molecule has 1 aromatic heterocycles. The average Bonchev–Trinajstić information content (AvgIpc) is 3.04. The maximum Gasteiger partial charge on any atom is 0.222 e. The van der Waals surface area contributed by atoms with Gasteiger partial charge in [-0.1, -0.05) is 23.7 Å². The molecule has 0 fully saturated rings. The van der Waals surface area contributed by atoms with Crippen LogP contribution in [-0.4, -0.2) is 23.3 Å². The topological polar surface area (TPSA) is 71.1 Å². The van der Waals surface area contributed by atoms with E-state index in [1.165, 1.54) is 30.3 Å². The monoisotopic (exact) mass is 405 g/mol. The maximum atomic E-state index is 12.4. The number of fused-ring (bicyclic) bond motifs is 1. The fourth-order valence-corrected chi connectivity index (χ4v) is 4.55. The summed E-state index contributed by atoms with van der Waals surface area (Å²) in [6.07, 6.45) is 5.63. The van der Waals surface area contributed by atoms with E-state index < -0.39 is 0 Å². The van der Waals surface area contributed by atoms with Gasteiger partial charge in [0.05, 0.1) is 23.2 Å². The zero-order chi connectivity index (χ0) is 19.2. The molecule has 1 aliphatic rings. The van der Waals surface area contributed by atoms with Crippen molar-refractivity contribution < 1.29 is 9.59 Å². The molecule has 0 saturated heterocycles. The minimum Gasteiger partial charge on any atom is -0.356 e. The Hall–Kier alpha value is -1.92. The first-order valence-corrected chi connectivity index (χ1v) is 10.5. The van der Waals surface area contributed by atoms with Crippen LogP contribution >= 0.6 is 22.9 Å². The summed E-state index contributed by atoms with van der Waals surface area (Å²) in [6, 6.07) is 6.81. The van der Waals surface area contributed by atoms with Crippen LogP contribution in [0.15, 0.2) is 24.3 Å². The number of hydrogen-bond donors (Lipinski definition) is 2. The van der Waals surface area contributed by atoms with Crippen LogP contribution in [0.1, 0.15) is 53.4 Å². The van der Waals surface area contributed by atoms with Gasteiger partial charge in [-0.15, -0.1) is 11.3 Å². The van der Waals surface area contributed by atoms with E-state index in [0.29, 0.717) is 11.6 Å². The second kappa shape index (κ2) is 9.33. The highest BCUT2D eigenvalue weighted by molar-refractivity contribution is 7.11. The molecule has 0 aliphatic heterocycles. The van der Waals surface area contributed by atoms with Crippen molar-refractivity contribution in [3.8, 4) is 0 Å². The number of carbonyl (C=O) groups excluding carboxylic acids is 2. The number of aryl methyl sites for hydroxylation is 2. The van der Waals surface area contributed by atoms with Gasteiger partial charge in [-0.25, -0.2) is 4.98 Å². The fraction of sp³-hybridized carbons (Fsp3) is 0.450. The van der Waals surface area contributed by atoms with E-state index in [1.54, 1.807) is 23.5 Å². The summed E-state index contributed by atoms with van der Waals surface area (Å²) in [5.74, 6) is -0.263. The van der Waals surface area contributed by atoms with Gasteiger partial charge in [0.15, 0.2) is 0 Å². The first-order valence-electron chi connectivity index (χ1n) is 9.28. The van der Waals surface area contributed by atoms with Gasteiger partial charge in [-0.2, -0.15) is 0 Å². The minimum absolute atomic E-state index is 0.0926. The molecular weight excluding hydrogens is 382 g/mol. The summed E-state index contributed by atoms with van der Waals surface area (Å²) in [5.41, 5.74) is 2.11. The zero-order valence-electron chi connectivity index (χ0n) is 15.4. The normalized spacial score (nSPS) is 14.3. The molecule has 3 rings (SSSR count). The van der Waals surface area contributed by atoms with E-state index >= 15 is 0 Å². The lowest BCUT2D eigenvalue weighted by atomic mass is 10.0. The highest BCUT2D eigenvalue weighted by Crippen LogP contribution is 2.26. The van der Waals surface area contributed by atoms with Crippen molar-refractivity contribution in [2.75, 3.05) is 6.54 Å². The number of carbonyl (C=O) groups is 2. The molecule has 1 atom stereocenters.